The van der Waals surface area contributed by atoms with E-state index in [2.05, 4.69) is 53.3 Å². The second kappa shape index (κ2) is 10.1. The molecule has 0 unspecified atom stereocenters. The molecule has 1 heterocycles. The minimum absolute atomic E-state index is 0.524. The predicted molar refractivity (Wildman–Crippen MR) is 108 cm³/mol. The highest BCUT2D eigenvalue weighted by molar-refractivity contribution is 7.80. The molecule has 25 heavy (non-hydrogen) atoms. The summed E-state index contributed by atoms with van der Waals surface area (Å²) in [5.74, 6) is 0.524. The topological polar surface area (TPSA) is 37.4 Å². The number of aromatic nitrogens is 1. The van der Waals surface area contributed by atoms with Gasteiger partial charge < -0.3 is 15.0 Å². The van der Waals surface area contributed by atoms with Gasteiger partial charge >= 0.3 is 0 Å². The number of hydrogen-bond acceptors (Lipinski definition) is 3. The highest BCUT2D eigenvalue weighted by Gasteiger charge is 2.11. The molecule has 4 nitrogen and oxygen atoms in total. The van der Waals surface area contributed by atoms with E-state index in [1.165, 1.54) is 5.56 Å². The van der Waals surface area contributed by atoms with Gasteiger partial charge in [-0.3, -0.25) is 4.98 Å². The van der Waals surface area contributed by atoms with Gasteiger partial charge in [0.25, 0.3) is 0 Å². The van der Waals surface area contributed by atoms with E-state index in [0.717, 1.165) is 24.3 Å². The number of hydrogen-bond donors (Lipinski definition) is 1. The molecule has 0 fully saturated rings. The van der Waals surface area contributed by atoms with Gasteiger partial charge in [-0.15, -0.1) is 0 Å². The number of nitrogens with zero attached hydrogens (tertiary/aromatic N) is 2. The molecule has 0 spiro atoms. The molecule has 0 aliphatic heterocycles. The molecule has 2 aromatic rings. The van der Waals surface area contributed by atoms with Crippen LogP contribution in [0.2, 0.25) is 0 Å². The van der Waals surface area contributed by atoms with Crippen LogP contribution in [0.25, 0.3) is 0 Å². The minimum Gasteiger partial charge on any atom is -0.385 e. The first kappa shape index (κ1) is 19.3. The Labute approximate surface area is 156 Å². The average Bonchev–Trinajstić information content (AvgIpc) is 2.62. The van der Waals surface area contributed by atoms with E-state index in [0.29, 0.717) is 24.2 Å². The van der Waals surface area contributed by atoms with Gasteiger partial charge in [0, 0.05) is 32.1 Å². The van der Waals surface area contributed by atoms with E-state index in [1.807, 2.05) is 24.4 Å². The average molecular weight is 358 g/mol. The van der Waals surface area contributed by atoms with Crippen LogP contribution < -0.4 is 5.32 Å². The van der Waals surface area contributed by atoms with Crippen molar-refractivity contribution in [2.75, 3.05) is 25.6 Å². The van der Waals surface area contributed by atoms with Crippen molar-refractivity contribution in [1.29, 1.82) is 0 Å². The van der Waals surface area contributed by atoms with Gasteiger partial charge in [0.2, 0.25) is 0 Å². The zero-order valence-electron chi connectivity index (χ0n) is 15.2. The van der Waals surface area contributed by atoms with E-state index in [4.69, 9.17) is 17.0 Å². The molecular formula is C20H27N3OS. The minimum atomic E-state index is 0.524. The highest BCUT2D eigenvalue weighted by atomic mass is 32.1. The van der Waals surface area contributed by atoms with Gasteiger partial charge in [-0.1, -0.05) is 32.0 Å². The van der Waals surface area contributed by atoms with Crippen LogP contribution in [-0.2, 0) is 11.3 Å². The number of anilines is 1. The Hall–Kier alpha value is -1.98. The Bertz CT molecular complexity index is 644. The zero-order valence-corrected chi connectivity index (χ0v) is 16.1. The maximum atomic E-state index is 5.64. The summed E-state index contributed by atoms with van der Waals surface area (Å²) < 4.78 is 5.17. The fourth-order valence-electron chi connectivity index (χ4n) is 2.49. The lowest BCUT2D eigenvalue weighted by Crippen LogP contribution is -2.35. The number of pyridine rings is 1. The summed E-state index contributed by atoms with van der Waals surface area (Å²) >= 11 is 5.64. The predicted octanol–water partition coefficient (Wildman–Crippen LogP) is 4.44. The van der Waals surface area contributed by atoms with Crippen molar-refractivity contribution in [2.45, 2.75) is 32.7 Å². The lowest BCUT2D eigenvalue weighted by atomic mass is 10.0. The fraction of sp³-hybridized carbons (Fsp3) is 0.400. The number of benzene rings is 1. The number of ether oxygens (including phenoxy) is 1. The highest BCUT2D eigenvalue weighted by Crippen LogP contribution is 2.17. The Morgan fingerprint density at radius 1 is 1.20 bits per heavy atom. The third-order valence-electron chi connectivity index (χ3n) is 3.97. The van der Waals surface area contributed by atoms with E-state index in [-0.39, 0.29) is 0 Å². The summed E-state index contributed by atoms with van der Waals surface area (Å²) in [6.07, 6.45) is 2.72. The fourth-order valence-corrected chi connectivity index (χ4v) is 2.77. The van der Waals surface area contributed by atoms with Crippen LogP contribution in [-0.4, -0.2) is 35.3 Å². The standard InChI is InChI=1S/C20H27N3OS/c1-16(2)17-8-10-18(11-9-17)22-20(25)23(13-6-14-24-3)15-19-7-4-5-12-21-19/h4-5,7-12,16H,6,13-15H2,1-3H3,(H,22,25). The molecular weight excluding hydrogens is 330 g/mol. The molecule has 134 valence electrons. The van der Waals surface area contributed by atoms with Gasteiger partial charge in [0.1, 0.15) is 0 Å². The third kappa shape index (κ3) is 6.44. The monoisotopic (exact) mass is 357 g/mol. The molecule has 0 aliphatic rings. The van der Waals surface area contributed by atoms with E-state index in [9.17, 15) is 0 Å². The molecule has 0 amide bonds. The SMILES string of the molecule is COCCCN(Cc1ccccn1)C(=S)Nc1ccc(C(C)C)cc1. The van der Waals surface area contributed by atoms with Gasteiger partial charge in [0.15, 0.2) is 5.11 Å². The second-order valence-corrected chi connectivity index (χ2v) is 6.68. The molecule has 5 heteroatoms. The maximum Gasteiger partial charge on any atom is 0.173 e. The molecule has 1 aromatic heterocycles. The Kier molecular flexibility index (Phi) is 7.82. The molecule has 0 atom stereocenters. The summed E-state index contributed by atoms with van der Waals surface area (Å²) in [6.45, 7) is 6.60. The van der Waals surface area contributed by atoms with Crippen molar-refractivity contribution in [1.82, 2.24) is 9.88 Å². The van der Waals surface area contributed by atoms with Crippen LogP contribution in [0.5, 0.6) is 0 Å². The summed E-state index contributed by atoms with van der Waals surface area (Å²) in [5.41, 5.74) is 3.33. The van der Waals surface area contributed by atoms with Crippen molar-refractivity contribution in [3.8, 4) is 0 Å². The third-order valence-corrected chi connectivity index (χ3v) is 4.33. The molecule has 0 aliphatic carbocycles. The van der Waals surface area contributed by atoms with Crippen molar-refractivity contribution in [3.63, 3.8) is 0 Å². The van der Waals surface area contributed by atoms with E-state index < -0.39 is 0 Å². The quantitative estimate of drug-likeness (QED) is 0.558. The van der Waals surface area contributed by atoms with E-state index >= 15 is 0 Å². The number of thiocarbonyl (C=S) groups is 1. The van der Waals surface area contributed by atoms with Gasteiger partial charge in [-0.05, 0) is 54.4 Å². The lowest BCUT2D eigenvalue weighted by molar-refractivity contribution is 0.185. The molecule has 0 radical (unpaired) electrons. The van der Waals surface area contributed by atoms with Gasteiger partial charge in [-0.25, -0.2) is 0 Å². The summed E-state index contributed by atoms with van der Waals surface area (Å²) in [5, 5.41) is 4.05. The van der Waals surface area contributed by atoms with Crippen LogP contribution in [0.4, 0.5) is 5.69 Å². The van der Waals surface area contributed by atoms with Crippen molar-refractivity contribution < 1.29 is 4.74 Å². The molecule has 1 aromatic carbocycles. The first-order valence-corrected chi connectivity index (χ1v) is 9.05. The lowest BCUT2D eigenvalue weighted by Gasteiger charge is -2.25. The van der Waals surface area contributed by atoms with Gasteiger partial charge in [0.05, 0.1) is 12.2 Å². The molecule has 2 rings (SSSR count). The van der Waals surface area contributed by atoms with E-state index in [1.54, 1.807) is 7.11 Å². The molecule has 0 saturated carbocycles. The van der Waals surface area contributed by atoms with Crippen LogP contribution in [0.3, 0.4) is 0 Å². The Balaban J connectivity index is 2.02. The molecule has 0 bridgehead atoms. The first-order valence-electron chi connectivity index (χ1n) is 8.65. The van der Waals surface area contributed by atoms with Crippen molar-refractivity contribution >= 4 is 23.0 Å². The van der Waals surface area contributed by atoms with Crippen LogP contribution in [0, 0.1) is 0 Å². The smallest absolute Gasteiger partial charge is 0.173 e. The second-order valence-electron chi connectivity index (χ2n) is 6.30. The van der Waals surface area contributed by atoms with Crippen molar-refractivity contribution in [2.24, 2.45) is 0 Å². The van der Waals surface area contributed by atoms with Crippen LogP contribution in [0.15, 0.2) is 48.7 Å². The zero-order chi connectivity index (χ0) is 18.1. The summed E-state index contributed by atoms with van der Waals surface area (Å²) in [4.78, 5) is 6.54. The van der Waals surface area contributed by atoms with Gasteiger partial charge in [-0.2, -0.15) is 0 Å². The Morgan fingerprint density at radius 2 is 1.96 bits per heavy atom. The van der Waals surface area contributed by atoms with Crippen molar-refractivity contribution in [3.05, 3.63) is 59.9 Å². The maximum absolute atomic E-state index is 5.64. The summed E-state index contributed by atoms with van der Waals surface area (Å²) in [7, 11) is 1.72. The Morgan fingerprint density at radius 3 is 2.56 bits per heavy atom. The molecule has 1 N–H and O–H groups in total. The van der Waals surface area contributed by atoms with Crippen LogP contribution in [0.1, 0.15) is 37.4 Å². The largest absolute Gasteiger partial charge is 0.385 e. The number of nitrogens with one attached hydrogen (secondary N) is 1. The van der Waals surface area contributed by atoms with Crippen LogP contribution >= 0.6 is 12.2 Å². The number of methoxy groups -OCH3 is 1. The first-order chi connectivity index (χ1) is 12.1. The number of rotatable bonds is 8. The summed E-state index contributed by atoms with van der Waals surface area (Å²) in [6, 6.07) is 14.4. The normalized spacial score (nSPS) is 10.7. The molecule has 0 saturated heterocycles.